The highest BCUT2D eigenvalue weighted by Crippen LogP contribution is 2.30. The Kier molecular flexibility index (Phi) is 4.22. The minimum absolute atomic E-state index is 0.324. The van der Waals surface area contributed by atoms with Gasteiger partial charge < -0.3 is 0 Å². The fourth-order valence-electron chi connectivity index (χ4n) is 2.33. The maximum Gasteiger partial charge on any atom is 0.416 e. The van der Waals surface area contributed by atoms with Crippen molar-refractivity contribution in [2.45, 2.75) is 26.1 Å². The monoisotopic (exact) mass is 337 g/mol. The number of benzene rings is 1. The van der Waals surface area contributed by atoms with Crippen molar-refractivity contribution in [3.05, 3.63) is 30.1 Å². The molecule has 2 rings (SSSR count). The van der Waals surface area contributed by atoms with Crippen LogP contribution in [0, 0.1) is 5.92 Å². The first-order valence-corrected chi connectivity index (χ1v) is 8.14. The van der Waals surface area contributed by atoms with E-state index in [1.807, 2.05) is 0 Å². The Morgan fingerprint density at radius 1 is 1.32 bits per heavy atom. The number of hydrogen-bond acceptors (Lipinski definition) is 2. The maximum absolute atomic E-state index is 12.8. The van der Waals surface area contributed by atoms with E-state index < -0.39 is 39.6 Å². The Hall–Kier alpha value is -1.61. The fraction of sp³-hybridized carbons (Fsp3) is 0.462. The van der Waals surface area contributed by atoms with Gasteiger partial charge in [0.2, 0.25) is 6.33 Å². The number of nitrogens with one attached hydrogen (secondary N) is 1. The number of fused-ring (bicyclic) bond motifs is 1. The molecule has 0 bridgehead atoms. The average molecular weight is 337 g/mol. The summed E-state index contributed by atoms with van der Waals surface area (Å²) >= 11 is 0. The van der Waals surface area contributed by atoms with Gasteiger partial charge in [0.25, 0.3) is 10.1 Å². The minimum Gasteiger partial charge on any atom is -0.286 e. The zero-order valence-corrected chi connectivity index (χ0v) is 12.7. The number of rotatable bonds is 4. The van der Waals surface area contributed by atoms with Crippen LogP contribution in [0.5, 0.6) is 0 Å². The van der Waals surface area contributed by atoms with Crippen LogP contribution in [0.15, 0.2) is 24.5 Å². The second kappa shape index (κ2) is 5.54. The van der Waals surface area contributed by atoms with Gasteiger partial charge >= 0.3 is 6.18 Å². The summed E-state index contributed by atoms with van der Waals surface area (Å²) in [6, 6.07) is 2.91. The number of aromatic amines is 1. The summed E-state index contributed by atoms with van der Waals surface area (Å²) in [6.07, 6.45) is -2.96. The number of hydrogen-bond donors (Lipinski definition) is 2. The zero-order valence-electron chi connectivity index (χ0n) is 11.9. The molecule has 1 heterocycles. The summed E-state index contributed by atoms with van der Waals surface area (Å²) in [5.41, 5.74) is 0.0615. The molecule has 0 aliphatic heterocycles. The number of aromatic nitrogens is 2. The van der Waals surface area contributed by atoms with Crippen molar-refractivity contribution in [1.29, 1.82) is 0 Å². The van der Waals surface area contributed by atoms with Gasteiger partial charge in [-0.15, -0.1) is 0 Å². The van der Waals surface area contributed by atoms with Crippen molar-refractivity contribution in [2.75, 3.05) is 5.75 Å². The van der Waals surface area contributed by atoms with Crippen molar-refractivity contribution in [1.82, 2.24) is 4.98 Å². The molecule has 0 amide bonds. The van der Waals surface area contributed by atoms with Crippen LogP contribution >= 0.6 is 0 Å². The van der Waals surface area contributed by atoms with E-state index >= 15 is 0 Å². The molecule has 122 valence electrons. The van der Waals surface area contributed by atoms with E-state index in [4.69, 9.17) is 4.55 Å². The van der Waals surface area contributed by atoms with Crippen molar-refractivity contribution in [3.8, 4) is 0 Å². The van der Waals surface area contributed by atoms with Gasteiger partial charge in [0.1, 0.15) is 6.04 Å². The van der Waals surface area contributed by atoms with Crippen molar-refractivity contribution in [3.63, 3.8) is 0 Å². The van der Waals surface area contributed by atoms with Crippen LogP contribution in [0.25, 0.3) is 11.0 Å². The third kappa shape index (κ3) is 3.58. The van der Waals surface area contributed by atoms with Crippen LogP contribution in [-0.4, -0.2) is 23.7 Å². The number of imidazole rings is 1. The van der Waals surface area contributed by atoms with Crippen molar-refractivity contribution >= 4 is 21.2 Å². The average Bonchev–Trinajstić information content (AvgIpc) is 2.77. The lowest BCUT2D eigenvalue weighted by molar-refractivity contribution is -0.701. The molecule has 5 nitrogen and oxygen atoms in total. The van der Waals surface area contributed by atoms with E-state index in [0.717, 1.165) is 12.1 Å². The molecule has 22 heavy (non-hydrogen) atoms. The normalized spacial score (nSPS) is 15.9. The van der Waals surface area contributed by atoms with Crippen LogP contribution in [0.1, 0.15) is 25.5 Å². The van der Waals surface area contributed by atoms with Gasteiger partial charge in [0.15, 0.2) is 11.0 Å². The van der Waals surface area contributed by atoms with E-state index in [0.29, 0.717) is 11.0 Å². The molecular formula is C13H16F3N2O3S+. The first-order valence-electron chi connectivity index (χ1n) is 6.53. The molecule has 2 aromatic rings. The SMILES string of the molecule is CC(CS(=O)(=O)O)C(C)[n+]1c[nH]c2ccc(C(F)(F)F)cc21. The van der Waals surface area contributed by atoms with Gasteiger partial charge in [-0.25, -0.2) is 9.55 Å². The van der Waals surface area contributed by atoms with Gasteiger partial charge in [-0.1, -0.05) is 6.92 Å². The third-order valence-electron chi connectivity index (χ3n) is 3.70. The first-order chi connectivity index (χ1) is 9.99. The van der Waals surface area contributed by atoms with Crippen LogP contribution in [0.2, 0.25) is 0 Å². The predicted octanol–water partition coefficient (Wildman–Crippen LogP) is 2.56. The fourth-order valence-corrected chi connectivity index (χ4v) is 3.28. The largest absolute Gasteiger partial charge is 0.416 e. The molecule has 0 aliphatic carbocycles. The first kappa shape index (κ1) is 16.8. The summed E-state index contributed by atoms with van der Waals surface area (Å²) in [6.45, 7) is 3.29. The summed E-state index contributed by atoms with van der Waals surface area (Å²) in [5, 5.41) is 0. The summed E-state index contributed by atoms with van der Waals surface area (Å²) in [4.78, 5) is 2.85. The van der Waals surface area contributed by atoms with E-state index in [1.165, 1.54) is 12.4 Å². The number of nitrogens with zero attached hydrogens (tertiary/aromatic N) is 1. The molecule has 1 aromatic carbocycles. The molecule has 1 aromatic heterocycles. The zero-order chi connectivity index (χ0) is 16.7. The van der Waals surface area contributed by atoms with Crippen LogP contribution in [-0.2, 0) is 16.3 Å². The van der Waals surface area contributed by atoms with Crippen LogP contribution in [0.4, 0.5) is 13.2 Å². The second-order valence-corrected chi connectivity index (χ2v) is 6.87. The highest BCUT2D eigenvalue weighted by Gasteiger charge is 2.32. The van der Waals surface area contributed by atoms with Gasteiger partial charge in [-0.2, -0.15) is 21.6 Å². The molecule has 2 atom stereocenters. The smallest absolute Gasteiger partial charge is 0.286 e. The lowest BCUT2D eigenvalue weighted by Crippen LogP contribution is -2.41. The van der Waals surface area contributed by atoms with E-state index in [2.05, 4.69) is 4.98 Å². The molecule has 0 aliphatic rings. The summed E-state index contributed by atoms with van der Waals surface area (Å²) in [5.74, 6) is -0.944. The molecule has 0 saturated carbocycles. The molecule has 0 fully saturated rings. The highest BCUT2D eigenvalue weighted by molar-refractivity contribution is 7.85. The van der Waals surface area contributed by atoms with Crippen LogP contribution < -0.4 is 4.57 Å². The van der Waals surface area contributed by atoms with Crippen LogP contribution in [0.3, 0.4) is 0 Å². The summed E-state index contributed by atoms with van der Waals surface area (Å²) < 4.78 is 70.8. The summed E-state index contributed by atoms with van der Waals surface area (Å²) in [7, 11) is -4.15. The third-order valence-corrected chi connectivity index (χ3v) is 4.65. The van der Waals surface area contributed by atoms with Gasteiger partial charge in [0.05, 0.1) is 11.3 Å². The molecule has 0 radical (unpaired) electrons. The molecule has 9 heteroatoms. The standard InChI is InChI=1S/C13H15F3N2O3S/c1-8(6-22(19,20)21)9(2)18-7-17-11-4-3-10(5-12(11)18)13(14,15)16/h3-5,7-9H,6H2,1-2H3,(H,19,20,21)/p+1. The van der Waals surface area contributed by atoms with Gasteiger partial charge in [-0.05, 0) is 19.1 Å². The number of alkyl halides is 3. The molecule has 2 unspecified atom stereocenters. The Labute approximate surface area is 125 Å². The second-order valence-electron chi connectivity index (χ2n) is 5.38. The highest BCUT2D eigenvalue weighted by atomic mass is 32.2. The van der Waals surface area contributed by atoms with E-state index in [-0.39, 0.29) is 0 Å². The number of H-pyrrole nitrogens is 1. The molecular weight excluding hydrogens is 321 g/mol. The molecule has 0 spiro atoms. The van der Waals surface area contributed by atoms with E-state index in [9.17, 15) is 21.6 Å². The number of halogens is 3. The van der Waals surface area contributed by atoms with Gasteiger partial charge in [-0.3, -0.25) is 4.55 Å². The predicted molar refractivity (Wildman–Crippen MR) is 73.8 cm³/mol. The minimum atomic E-state index is -4.45. The Bertz CT molecular complexity index is 783. The van der Waals surface area contributed by atoms with Gasteiger partial charge in [0, 0.05) is 12.0 Å². The van der Waals surface area contributed by atoms with E-state index in [1.54, 1.807) is 18.4 Å². The quantitative estimate of drug-likeness (QED) is 0.665. The Morgan fingerprint density at radius 3 is 2.50 bits per heavy atom. The molecule has 2 N–H and O–H groups in total. The maximum atomic E-state index is 12.8. The Balaban J connectivity index is 2.43. The lowest BCUT2D eigenvalue weighted by atomic mass is 10.1. The Morgan fingerprint density at radius 2 is 1.95 bits per heavy atom. The van der Waals surface area contributed by atoms with Crippen molar-refractivity contribution in [2.24, 2.45) is 5.92 Å². The topological polar surface area (TPSA) is 74.0 Å². The molecule has 0 saturated heterocycles. The lowest BCUT2D eigenvalue weighted by Gasteiger charge is -2.16. The van der Waals surface area contributed by atoms with Crippen molar-refractivity contribution < 1.29 is 30.7 Å².